The van der Waals surface area contributed by atoms with Crippen LogP contribution in [0.5, 0.6) is 0 Å². The second-order valence-corrected chi connectivity index (χ2v) is 10.7. The second-order valence-electron chi connectivity index (χ2n) is 10.7. The summed E-state index contributed by atoms with van der Waals surface area (Å²) >= 11 is 0. The number of hydrogen-bond acceptors (Lipinski definition) is 2. The van der Waals surface area contributed by atoms with Gasteiger partial charge in [0.1, 0.15) is 0 Å². The van der Waals surface area contributed by atoms with E-state index in [2.05, 4.69) is 135 Å². The molecule has 0 fully saturated rings. The molecule has 1 aliphatic carbocycles. The molecule has 2 aromatic heterocycles. The Kier molecular flexibility index (Phi) is 6.09. The summed E-state index contributed by atoms with van der Waals surface area (Å²) in [5.41, 5.74) is 14.0. The molecule has 0 saturated carbocycles. The van der Waals surface area contributed by atoms with Gasteiger partial charge in [-0.1, -0.05) is 120 Å². The Balaban J connectivity index is 1.44. The first-order valence-electron chi connectivity index (χ1n) is 14.0. The minimum Gasteiger partial charge on any atom is -0.246 e. The average molecular weight is 515 g/mol. The standard InChI is InChI=1S/C38H30N2/c1-25-9-7-11-27(23-25)17-19-29-31-13-3-5-15-35(31)39-37-33(29)21-22-34-30(20-18-28-12-8-10-26(2)24-28)32-14-4-6-16-36(32)40-38(34)37/h3-20,23-24H,21-22H2,1-2H3/b19-17+,20-18+. The van der Waals surface area contributed by atoms with Gasteiger partial charge in [-0.2, -0.15) is 0 Å². The van der Waals surface area contributed by atoms with E-state index in [1.807, 2.05) is 0 Å². The van der Waals surface area contributed by atoms with E-state index < -0.39 is 0 Å². The molecule has 2 heteroatoms. The van der Waals surface area contributed by atoms with Gasteiger partial charge in [0, 0.05) is 10.8 Å². The number of hydrogen-bond donors (Lipinski definition) is 0. The van der Waals surface area contributed by atoms with Gasteiger partial charge in [-0.3, -0.25) is 0 Å². The quantitative estimate of drug-likeness (QED) is 0.234. The molecule has 1 aliphatic rings. The molecule has 2 heterocycles. The van der Waals surface area contributed by atoms with Crippen molar-refractivity contribution < 1.29 is 0 Å². The van der Waals surface area contributed by atoms with Gasteiger partial charge < -0.3 is 0 Å². The molecule has 0 spiro atoms. The predicted octanol–water partition coefficient (Wildman–Crippen LogP) is 9.51. The van der Waals surface area contributed by atoms with Crippen molar-refractivity contribution in [2.75, 3.05) is 0 Å². The molecule has 0 amide bonds. The third-order valence-electron chi connectivity index (χ3n) is 7.89. The third kappa shape index (κ3) is 4.42. The average Bonchev–Trinajstić information content (AvgIpc) is 2.97. The van der Waals surface area contributed by atoms with E-state index in [-0.39, 0.29) is 0 Å². The summed E-state index contributed by atoms with van der Waals surface area (Å²) in [7, 11) is 0. The largest absolute Gasteiger partial charge is 0.246 e. The van der Waals surface area contributed by atoms with E-state index >= 15 is 0 Å². The summed E-state index contributed by atoms with van der Waals surface area (Å²) in [4.78, 5) is 10.5. The molecule has 0 aliphatic heterocycles. The number of pyridine rings is 2. The molecular formula is C38H30N2. The topological polar surface area (TPSA) is 25.8 Å². The fourth-order valence-electron chi connectivity index (χ4n) is 5.99. The highest BCUT2D eigenvalue weighted by Crippen LogP contribution is 2.40. The summed E-state index contributed by atoms with van der Waals surface area (Å²) in [6.07, 6.45) is 10.9. The minimum atomic E-state index is 0.930. The lowest BCUT2D eigenvalue weighted by atomic mass is 9.84. The van der Waals surface area contributed by atoms with Crippen molar-refractivity contribution in [2.45, 2.75) is 26.7 Å². The van der Waals surface area contributed by atoms with Crippen molar-refractivity contribution in [1.82, 2.24) is 9.97 Å². The number of benzene rings is 4. The van der Waals surface area contributed by atoms with Crippen molar-refractivity contribution in [3.05, 3.63) is 142 Å². The first-order chi connectivity index (χ1) is 19.6. The second kappa shape index (κ2) is 10.1. The van der Waals surface area contributed by atoms with Gasteiger partial charge in [-0.05, 0) is 72.2 Å². The zero-order valence-corrected chi connectivity index (χ0v) is 22.9. The number of nitrogens with zero attached hydrogens (tertiary/aromatic N) is 2. The SMILES string of the molecule is Cc1cccc(/C=C/c2c3c(nc4ccccc24)-c2nc4ccccc4c(/C=C/c4cccc(C)c4)c2CC3)c1. The Morgan fingerprint density at radius 3 is 1.40 bits per heavy atom. The van der Waals surface area contributed by atoms with Gasteiger partial charge in [-0.25, -0.2) is 9.97 Å². The lowest BCUT2D eigenvalue weighted by molar-refractivity contribution is 0.918. The van der Waals surface area contributed by atoms with E-state index in [0.29, 0.717) is 0 Å². The maximum atomic E-state index is 5.24. The fourth-order valence-corrected chi connectivity index (χ4v) is 5.99. The van der Waals surface area contributed by atoms with Gasteiger partial charge >= 0.3 is 0 Å². The van der Waals surface area contributed by atoms with Crippen molar-refractivity contribution in [3.63, 3.8) is 0 Å². The molecule has 0 bridgehead atoms. The number of aromatic nitrogens is 2. The molecule has 0 unspecified atom stereocenters. The summed E-state index contributed by atoms with van der Waals surface area (Å²) in [5.74, 6) is 0. The Morgan fingerprint density at radius 1 is 0.500 bits per heavy atom. The minimum absolute atomic E-state index is 0.930. The molecule has 192 valence electrons. The van der Waals surface area contributed by atoms with Crippen LogP contribution < -0.4 is 0 Å². The molecule has 7 rings (SSSR count). The summed E-state index contributed by atoms with van der Waals surface area (Å²) in [5, 5.41) is 2.38. The summed E-state index contributed by atoms with van der Waals surface area (Å²) < 4.78 is 0. The van der Waals surface area contributed by atoms with Crippen LogP contribution in [0.2, 0.25) is 0 Å². The van der Waals surface area contributed by atoms with Crippen molar-refractivity contribution in [2.24, 2.45) is 0 Å². The third-order valence-corrected chi connectivity index (χ3v) is 7.89. The number of fused-ring (bicyclic) bond motifs is 5. The number of aryl methyl sites for hydroxylation is 2. The van der Waals surface area contributed by atoms with Crippen LogP contribution in [0.25, 0.3) is 57.5 Å². The molecule has 2 nitrogen and oxygen atoms in total. The van der Waals surface area contributed by atoms with Gasteiger partial charge in [0.2, 0.25) is 0 Å². The van der Waals surface area contributed by atoms with E-state index in [4.69, 9.17) is 9.97 Å². The van der Waals surface area contributed by atoms with Crippen molar-refractivity contribution >= 4 is 46.1 Å². The van der Waals surface area contributed by atoms with E-state index in [1.54, 1.807) is 0 Å². The molecule has 0 N–H and O–H groups in total. The lowest BCUT2D eigenvalue weighted by Crippen LogP contribution is -2.12. The maximum absolute atomic E-state index is 5.24. The molecule has 0 radical (unpaired) electrons. The Bertz CT molecular complexity index is 1830. The van der Waals surface area contributed by atoms with Crippen molar-refractivity contribution in [1.29, 1.82) is 0 Å². The summed E-state index contributed by atoms with van der Waals surface area (Å²) in [6, 6.07) is 34.3. The van der Waals surface area contributed by atoms with Gasteiger partial charge in [0.25, 0.3) is 0 Å². The van der Waals surface area contributed by atoms with Crippen LogP contribution in [0.3, 0.4) is 0 Å². The van der Waals surface area contributed by atoms with E-state index in [0.717, 1.165) is 35.3 Å². The lowest BCUT2D eigenvalue weighted by Gasteiger charge is -2.24. The highest BCUT2D eigenvalue weighted by molar-refractivity contribution is 5.99. The number of para-hydroxylation sites is 2. The highest BCUT2D eigenvalue weighted by Gasteiger charge is 2.25. The van der Waals surface area contributed by atoms with E-state index in [9.17, 15) is 0 Å². The molecule has 4 aromatic carbocycles. The first kappa shape index (κ1) is 24.2. The molecule has 6 aromatic rings. The monoisotopic (exact) mass is 514 g/mol. The van der Waals surface area contributed by atoms with Crippen LogP contribution in [-0.2, 0) is 12.8 Å². The molecule has 40 heavy (non-hydrogen) atoms. The Labute approximate surface area is 235 Å². The summed E-state index contributed by atoms with van der Waals surface area (Å²) in [6.45, 7) is 4.28. The van der Waals surface area contributed by atoms with Crippen LogP contribution >= 0.6 is 0 Å². The maximum Gasteiger partial charge on any atom is 0.0935 e. The first-order valence-corrected chi connectivity index (χ1v) is 14.0. The normalized spacial score (nSPS) is 12.8. The van der Waals surface area contributed by atoms with Gasteiger partial charge in [-0.15, -0.1) is 0 Å². The van der Waals surface area contributed by atoms with Crippen LogP contribution in [0.1, 0.15) is 44.5 Å². The molecule has 0 atom stereocenters. The molecule has 0 saturated heterocycles. The van der Waals surface area contributed by atoms with E-state index in [1.165, 1.54) is 55.3 Å². The van der Waals surface area contributed by atoms with Crippen LogP contribution in [-0.4, -0.2) is 9.97 Å². The highest BCUT2D eigenvalue weighted by atomic mass is 14.8. The number of rotatable bonds is 4. The fraction of sp³-hybridized carbons (Fsp3) is 0.105. The van der Waals surface area contributed by atoms with Gasteiger partial charge in [0.05, 0.1) is 22.4 Å². The smallest absolute Gasteiger partial charge is 0.0935 e. The van der Waals surface area contributed by atoms with Crippen LogP contribution in [0, 0.1) is 13.8 Å². The Morgan fingerprint density at radius 2 is 0.950 bits per heavy atom. The zero-order chi connectivity index (χ0) is 27.1. The van der Waals surface area contributed by atoms with Crippen LogP contribution in [0.15, 0.2) is 97.1 Å². The predicted molar refractivity (Wildman–Crippen MR) is 170 cm³/mol. The zero-order valence-electron chi connectivity index (χ0n) is 22.9. The van der Waals surface area contributed by atoms with Crippen molar-refractivity contribution in [3.8, 4) is 11.4 Å². The van der Waals surface area contributed by atoms with Gasteiger partial charge in [0.15, 0.2) is 0 Å². The Hall–Kier alpha value is -4.82. The molecular weight excluding hydrogens is 484 g/mol. The van der Waals surface area contributed by atoms with Crippen LogP contribution in [0.4, 0.5) is 0 Å².